The van der Waals surface area contributed by atoms with Gasteiger partial charge in [0.15, 0.2) is 18.5 Å². The van der Waals surface area contributed by atoms with E-state index in [1.807, 2.05) is 30.3 Å². The molecular formula is C18H22N2O5. The van der Waals surface area contributed by atoms with Gasteiger partial charge in [-0.1, -0.05) is 30.3 Å². The molecule has 0 aromatic heterocycles. The summed E-state index contributed by atoms with van der Waals surface area (Å²) < 4.78 is 11.3. The average Bonchev–Trinajstić information content (AvgIpc) is 3.25. The Labute approximate surface area is 146 Å². The number of aliphatic hydroxyl groups excluding tert-OH is 1. The number of ether oxygens (including phenoxy) is 2. The minimum Gasteiger partial charge on any atom is -0.394 e. The van der Waals surface area contributed by atoms with Gasteiger partial charge in [0.2, 0.25) is 0 Å². The van der Waals surface area contributed by atoms with E-state index < -0.39 is 18.5 Å². The summed E-state index contributed by atoms with van der Waals surface area (Å²) in [5, 5.41) is 9.43. The molecule has 4 atom stereocenters. The maximum absolute atomic E-state index is 12.8. The van der Waals surface area contributed by atoms with Gasteiger partial charge < -0.3 is 24.4 Å². The topological polar surface area (TPSA) is 79.3 Å². The van der Waals surface area contributed by atoms with Gasteiger partial charge in [0, 0.05) is 13.1 Å². The van der Waals surface area contributed by atoms with E-state index in [4.69, 9.17) is 9.47 Å². The predicted octanol–water partition coefficient (Wildman–Crippen LogP) is 0.122. The van der Waals surface area contributed by atoms with Crippen molar-refractivity contribution in [1.29, 1.82) is 0 Å². The van der Waals surface area contributed by atoms with Crippen LogP contribution in [0.3, 0.4) is 0 Å². The lowest BCUT2D eigenvalue weighted by molar-refractivity contribution is -0.162. The largest absolute Gasteiger partial charge is 0.394 e. The second-order valence-electron chi connectivity index (χ2n) is 6.76. The Morgan fingerprint density at radius 1 is 1.24 bits per heavy atom. The molecule has 1 N–H and O–H groups in total. The van der Waals surface area contributed by atoms with Crippen molar-refractivity contribution in [2.75, 3.05) is 19.7 Å². The summed E-state index contributed by atoms with van der Waals surface area (Å²) >= 11 is 0. The third kappa shape index (κ3) is 3.03. The van der Waals surface area contributed by atoms with Gasteiger partial charge in [0.1, 0.15) is 0 Å². The molecule has 4 rings (SSSR count). The van der Waals surface area contributed by atoms with E-state index in [1.165, 1.54) is 0 Å². The number of aliphatic hydroxyl groups is 1. The molecule has 25 heavy (non-hydrogen) atoms. The van der Waals surface area contributed by atoms with Crippen molar-refractivity contribution >= 4 is 11.8 Å². The standard InChI is InChI=1S/C18H22N2O5/c21-11-13-7-4-8-20(13)18(23)16-15-17(22)19(10-14(24-15)25-16)9-12-5-2-1-3-6-12/h1-3,5-6,13-16,21H,4,7-11H2/t13-,14+,15-,16-/m1/s1. The van der Waals surface area contributed by atoms with Gasteiger partial charge in [0.05, 0.1) is 19.2 Å². The van der Waals surface area contributed by atoms with Crippen LogP contribution in [0, 0.1) is 0 Å². The van der Waals surface area contributed by atoms with Gasteiger partial charge in [-0.3, -0.25) is 9.59 Å². The van der Waals surface area contributed by atoms with Crippen molar-refractivity contribution in [1.82, 2.24) is 9.80 Å². The van der Waals surface area contributed by atoms with Gasteiger partial charge in [-0.25, -0.2) is 0 Å². The molecule has 0 radical (unpaired) electrons. The molecule has 134 valence electrons. The van der Waals surface area contributed by atoms with E-state index in [0.717, 1.165) is 18.4 Å². The fourth-order valence-electron chi connectivity index (χ4n) is 3.84. The molecule has 0 unspecified atom stereocenters. The summed E-state index contributed by atoms with van der Waals surface area (Å²) in [5.41, 5.74) is 1.03. The molecule has 0 aliphatic carbocycles. The molecule has 3 heterocycles. The Hall–Kier alpha value is -1.96. The van der Waals surface area contributed by atoms with Crippen molar-refractivity contribution in [3.8, 4) is 0 Å². The molecule has 3 aliphatic rings. The number of amides is 2. The number of carbonyl (C=O) groups excluding carboxylic acids is 2. The number of fused-ring (bicyclic) bond motifs is 2. The van der Waals surface area contributed by atoms with Crippen LogP contribution in [-0.4, -0.2) is 71.0 Å². The van der Waals surface area contributed by atoms with E-state index in [0.29, 0.717) is 19.6 Å². The van der Waals surface area contributed by atoms with Crippen LogP contribution in [-0.2, 0) is 25.6 Å². The Morgan fingerprint density at radius 3 is 2.80 bits per heavy atom. The molecule has 1 aromatic rings. The van der Waals surface area contributed by atoms with E-state index in [2.05, 4.69) is 0 Å². The Bertz CT molecular complexity index is 652. The van der Waals surface area contributed by atoms with Crippen LogP contribution in [0.2, 0.25) is 0 Å². The molecule has 7 heteroatoms. The number of hydrogen-bond acceptors (Lipinski definition) is 5. The van der Waals surface area contributed by atoms with Crippen molar-refractivity contribution in [2.24, 2.45) is 0 Å². The Morgan fingerprint density at radius 2 is 2.04 bits per heavy atom. The molecule has 1 aromatic carbocycles. The molecule has 3 saturated heterocycles. The average molecular weight is 346 g/mol. The van der Waals surface area contributed by atoms with E-state index in [-0.39, 0.29) is 24.5 Å². The summed E-state index contributed by atoms with van der Waals surface area (Å²) in [6.45, 7) is 1.31. The highest BCUT2D eigenvalue weighted by Gasteiger charge is 2.52. The Kier molecular flexibility index (Phi) is 4.45. The zero-order valence-electron chi connectivity index (χ0n) is 13.9. The van der Waals surface area contributed by atoms with E-state index in [1.54, 1.807) is 9.80 Å². The lowest BCUT2D eigenvalue weighted by Gasteiger charge is -2.31. The third-order valence-corrected chi connectivity index (χ3v) is 5.13. The fourth-order valence-corrected chi connectivity index (χ4v) is 3.84. The van der Waals surface area contributed by atoms with Crippen molar-refractivity contribution in [3.63, 3.8) is 0 Å². The number of morpholine rings is 1. The van der Waals surface area contributed by atoms with E-state index >= 15 is 0 Å². The first kappa shape index (κ1) is 16.5. The fraction of sp³-hybridized carbons (Fsp3) is 0.556. The van der Waals surface area contributed by atoms with Crippen LogP contribution in [0.1, 0.15) is 18.4 Å². The van der Waals surface area contributed by atoms with Crippen LogP contribution in [0.5, 0.6) is 0 Å². The number of benzene rings is 1. The maximum atomic E-state index is 12.8. The molecule has 7 nitrogen and oxygen atoms in total. The quantitative estimate of drug-likeness (QED) is 0.838. The number of likely N-dealkylation sites (tertiary alicyclic amines) is 1. The SMILES string of the molecule is O=C1[C@@H]2O[C@H](CN1Cc1ccccc1)O[C@H]2C(=O)N1CCC[C@@H]1CO. The lowest BCUT2D eigenvalue weighted by Crippen LogP contribution is -2.52. The van der Waals surface area contributed by atoms with Crippen LogP contribution < -0.4 is 0 Å². The third-order valence-electron chi connectivity index (χ3n) is 5.13. The summed E-state index contributed by atoms with van der Waals surface area (Å²) in [7, 11) is 0. The summed E-state index contributed by atoms with van der Waals surface area (Å²) in [4.78, 5) is 28.9. The number of rotatable bonds is 4. The molecule has 3 fully saturated rings. The minimum absolute atomic E-state index is 0.0680. The molecule has 3 aliphatic heterocycles. The number of carbonyl (C=O) groups is 2. The van der Waals surface area contributed by atoms with Gasteiger partial charge >= 0.3 is 0 Å². The molecule has 0 saturated carbocycles. The lowest BCUT2D eigenvalue weighted by atomic mass is 10.1. The van der Waals surface area contributed by atoms with Crippen molar-refractivity contribution in [2.45, 2.75) is 43.9 Å². The van der Waals surface area contributed by atoms with E-state index in [9.17, 15) is 14.7 Å². The van der Waals surface area contributed by atoms with Crippen LogP contribution in [0.4, 0.5) is 0 Å². The first-order chi connectivity index (χ1) is 12.2. The smallest absolute Gasteiger partial charge is 0.255 e. The van der Waals surface area contributed by atoms with Gasteiger partial charge in [-0.05, 0) is 18.4 Å². The van der Waals surface area contributed by atoms with Crippen LogP contribution in [0.25, 0.3) is 0 Å². The predicted molar refractivity (Wildman–Crippen MR) is 87.2 cm³/mol. The van der Waals surface area contributed by atoms with Crippen LogP contribution >= 0.6 is 0 Å². The first-order valence-electron chi connectivity index (χ1n) is 8.72. The first-order valence-corrected chi connectivity index (χ1v) is 8.72. The monoisotopic (exact) mass is 346 g/mol. The highest BCUT2D eigenvalue weighted by Crippen LogP contribution is 2.30. The molecule has 0 spiro atoms. The number of nitrogens with zero attached hydrogens (tertiary/aromatic N) is 2. The molecule has 2 amide bonds. The normalized spacial score (nSPS) is 31.6. The maximum Gasteiger partial charge on any atom is 0.255 e. The van der Waals surface area contributed by atoms with Gasteiger partial charge in [-0.2, -0.15) is 0 Å². The second-order valence-corrected chi connectivity index (χ2v) is 6.76. The zero-order chi connectivity index (χ0) is 17.4. The summed E-state index contributed by atoms with van der Waals surface area (Å²) in [6.07, 6.45) is -0.749. The zero-order valence-corrected chi connectivity index (χ0v) is 13.9. The van der Waals surface area contributed by atoms with Crippen molar-refractivity contribution < 1.29 is 24.2 Å². The number of hydrogen-bond donors (Lipinski definition) is 1. The molecular weight excluding hydrogens is 324 g/mol. The second kappa shape index (κ2) is 6.74. The van der Waals surface area contributed by atoms with Crippen LogP contribution in [0.15, 0.2) is 30.3 Å². The minimum atomic E-state index is -0.912. The summed E-state index contributed by atoms with van der Waals surface area (Å²) in [5.74, 6) is -0.463. The highest BCUT2D eigenvalue weighted by molar-refractivity contribution is 5.92. The molecule has 2 bridgehead atoms. The van der Waals surface area contributed by atoms with Gasteiger partial charge in [-0.15, -0.1) is 0 Å². The Balaban J connectivity index is 1.47. The van der Waals surface area contributed by atoms with Gasteiger partial charge in [0.25, 0.3) is 11.8 Å². The summed E-state index contributed by atoms with van der Waals surface area (Å²) in [6, 6.07) is 9.53. The van der Waals surface area contributed by atoms with Crippen molar-refractivity contribution in [3.05, 3.63) is 35.9 Å². The highest BCUT2D eigenvalue weighted by atomic mass is 16.7.